The van der Waals surface area contributed by atoms with Crippen molar-refractivity contribution in [1.29, 1.82) is 0 Å². The topological polar surface area (TPSA) is 60.3 Å². The molecule has 0 radical (unpaired) electrons. The average Bonchev–Trinajstić information content (AvgIpc) is 3.00. The third-order valence-electron chi connectivity index (χ3n) is 3.83. The number of benzene rings is 2. The molecule has 1 heterocycles. The molecule has 0 saturated heterocycles. The van der Waals surface area contributed by atoms with Crippen LogP contribution in [-0.4, -0.2) is 26.5 Å². The number of rotatable bonds is 5. The van der Waals surface area contributed by atoms with Crippen LogP contribution in [0.5, 0.6) is 5.75 Å². The molecule has 0 saturated carbocycles. The number of nitrogens with zero attached hydrogens (tertiary/aromatic N) is 1. The largest absolute Gasteiger partial charge is 0.493 e. The molecule has 0 atom stereocenters. The molecular formula is C17H17FN2O3S. The van der Waals surface area contributed by atoms with Gasteiger partial charge in [0.25, 0.3) is 10.0 Å². The molecule has 0 spiro atoms. The van der Waals surface area contributed by atoms with Gasteiger partial charge >= 0.3 is 0 Å². The van der Waals surface area contributed by atoms with E-state index in [0.717, 1.165) is 3.97 Å². The zero-order valence-corrected chi connectivity index (χ0v) is 14.1. The minimum Gasteiger partial charge on any atom is -0.493 e. The number of hydrogen-bond acceptors (Lipinski definition) is 4. The molecule has 2 aromatic carbocycles. The first-order valence-corrected chi connectivity index (χ1v) is 8.76. The zero-order valence-electron chi connectivity index (χ0n) is 13.3. The van der Waals surface area contributed by atoms with Gasteiger partial charge in [-0.3, -0.25) is 0 Å². The van der Waals surface area contributed by atoms with Gasteiger partial charge in [0.1, 0.15) is 0 Å². The Balaban J connectivity index is 2.29. The maximum atomic E-state index is 14.4. The average molecular weight is 348 g/mol. The third-order valence-corrected chi connectivity index (χ3v) is 5.53. The van der Waals surface area contributed by atoms with E-state index in [1.165, 1.54) is 31.5 Å². The van der Waals surface area contributed by atoms with Gasteiger partial charge in [0.15, 0.2) is 11.6 Å². The second-order valence-electron chi connectivity index (χ2n) is 5.26. The second-order valence-corrected chi connectivity index (χ2v) is 7.08. The Morgan fingerprint density at radius 2 is 1.92 bits per heavy atom. The summed E-state index contributed by atoms with van der Waals surface area (Å²) in [4.78, 5) is 0.147. The molecule has 1 N–H and O–H groups in total. The summed E-state index contributed by atoms with van der Waals surface area (Å²) in [5.41, 5.74) is 0.861. The highest BCUT2D eigenvalue weighted by molar-refractivity contribution is 7.90. The Morgan fingerprint density at radius 1 is 1.21 bits per heavy atom. The second kappa shape index (κ2) is 6.26. The molecule has 0 amide bonds. The molecule has 3 rings (SSSR count). The van der Waals surface area contributed by atoms with Gasteiger partial charge in [0.05, 0.1) is 17.5 Å². The van der Waals surface area contributed by atoms with Crippen LogP contribution in [0.3, 0.4) is 0 Å². The van der Waals surface area contributed by atoms with Crippen LogP contribution in [0.2, 0.25) is 0 Å². The van der Waals surface area contributed by atoms with Crippen LogP contribution in [-0.2, 0) is 16.6 Å². The van der Waals surface area contributed by atoms with E-state index in [0.29, 0.717) is 17.5 Å². The summed E-state index contributed by atoms with van der Waals surface area (Å²) >= 11 is 0. The highest BCUT2D eigenvalue weighted by Crippen LogP contribution is 2.33. The molecule has 0 aliphatic carbocycles. The zero-order chi connectivity index (χ0) is 17.3. The van der Waals surface area contributed by atoms with Crippen molar-refractivity contribution in [2.45, 2.75) is 11.4 Å². The quantitative estimate of drug-likeness (QED) is 0.770. The van der Waals surface area contributed by atoms with Crippen molar-refractivity contribution < 1.29 is 17.5 Å². The Morgan fingerprint density at radius 3 is 2.54 bits per heavy atom. The maximum absolute atomic E-state index is 14.4. The van der Waals surface area contributed by atoms with Gasteiger partial charge in [-0.15, -0.1) is 0 Å². The molecule has 126 valence electrons. The fourth-order valence-corrected chi connectivity index (χ4v) is 4.12. The van der Waals surface area contributed by atoms with Gasteiger partial charge in [-0.2, -0.15) is 0 Å². The Bertz CT molecular complexity index is 982. The number of fused-ring (bicyclic) bond motifs is 1. The Hall–Kier alpha value is -2.38. The lowest BCUT2D eigenvalue weighted by Gasteiger charge is -2.13. The monoisotopic (exact) mass is 348 g/mol. The van der Waals surface area contributed by atoms with E-state index < -0.39 is 15.8 Å². The molecule has 5 nitrogen and oxygen atoms in total. The van der Waals surface area contributed by atoms with Gasteiger partial charge in [-0.25, -0.2) is 16.8 Å². The van der Waals surface area contributed by atoms with E-state index in [1.54, 1.807) is 31.3 Å². The molecular weight excluding hydrogens is 331 g/mol. The minimum absolute atomic E-state index is 0.117. The summed E-state index contributed by atoms with van der Waals surface area (Å²) in [5.74, 6) is -0.481. The lowest BCUT2D eigenvalue weighted by atomic mass is 10.1. The molecule has 0 aliphatic heterocycles. The highest BCUT2D eigenvalue weighted by atomic mass is 32.2. The third kappa shape index (κ3) is 2.55. The van der Waals surface area contributed by atoms with Crippen LogP contribution in [0.4, 0.5) is 4.39 Å². The van der Waals surface area contributed by atoms with Gasteiger partial charge in [-0.05, 0) is 25.2 Å². The fraction of sp³-hybridized carbons (Fsp3) is 0.176. The van der Waals surface area contributed by atoms with E-state index in [2.05, 4.69) is 5.32 Å². The number of nitrogens with one attached hydrogen (secondary N) is 1. The van der Waals surface area contributed by atoms with Crippen molar-refractivity contribution in [3.63, 3.8) is 0 Å². The molecule has 0 aliphatic rings. The minimum atomic E-state index is -3.80. The number of methoxy groups -OCH3 is 1. The van der Waals surface area contributed by atoms with Gasteiger partial charge in [-0.1, -0.05) is 18.2 Å². The molecule has 24 heavy (non-hydrogen) atoms. The predicted molar refractivity (Wildman–Crippen MR) is 90.2 cm³/mol. The SMILES string of the molecule is CNCc1c(OC)c(F)cc2c1ccn2S(=O)(=O)c1ccccc1. The van der Waals surface area contributed by atoms with Crippen LogP contribution >= 0.6 is 0 Å². The Labute approximate surface area is 139 Å². The van der Waals surface area contributed by atoms with E-state index in [4.69, 9.17) is 4.74 Å². The lowest BCUT2D eigenvalue weighted by molar-refractivity contribution is 0.381. The van der Waals surface area contributed by atoms with Crippen molar-refractivity contribution in [2.24, 2.45) is 0 Å². The van der Waals surface area contributed by atoms with Gasteiger partial charge in [0, 0.05) is 29.8 Å². The molecule has 1 aromatic heterocycles. The summed E-state index contributed by atoms with van der Waals surface area (Å²) in [6, 6.07) is 10.9. The number of aromatic nitrogens is 1. The first kappa shape index (κ1) is 16.5. The summed E-state index contributed by atoms with van der Waals surface area (Å²) in [6.07, 6.45) is 1.44. The van der Waals surface area contributed by atoms with E-state index in [1.807, 2.05) is 0 Å². The highest BCUT2D eigenvalue weighted by Gasteiger charge is 2.22. The molecule has 0 fully saturated rings. The number of halogens is 1. The standard InChI is InChI=1S/C17H17FN2O3S/c1-19-11-14-13-8-9-20(16(13)10-15(18)17(14)23-2)24(21,22)12-6-4-3-5-7-12/h3-10,19H,11H2,1-2H3. The first-order chi connectivity index (χ1) is 11.5. The summed E-state index contributed by atoms with van der Waals surface area (Å²) < 4.78 is 46.3. The van der Waals surface area contributed by atoms with Crippen LogP contribution < -0.4 is 10.1 Å². The lowest BCUT2D eigenvalue weighted by Crippen LogP contribution is -2.13. The summed E-state index contributed by atoms with van der Waals surface area (Å²) in [5, 5.41) is 3.58. The van der Waals surface area contributed by atoms with Crippen molar-refractivity contribution in [3.05, 3.63) is 60.0 Å². The first-order valence-electron chi connectivity index (χ1n) is 7.32. The van der Waals surface area contributed by atoms with Crippen molar-refractivity contribution in [3.8, 4) is 5.75 Å². The van der Waals surface area contributed by atoms with Crippen molar-refractivity contribution >= 4 is 20.9 Å². The normalized spacial score (nSPS) is 11.8. The fourth-order valence-electron chi connectivity index (χ4n) is 2.76. The number of ether oxygens (including phenoxy) is 1. The van der Waals surface area contributed by atoms with E-state index in [-0.39, 0.29) is 16.2 Å². The van der Waals surface area contributed by atoms with Gasteiger partial charge < -0.3 is 10.1 Å². The maximum Gasteiger partial charge on any atom is 0.268 e. The van der Waals surface area contributed by atoms with Crippen LogP contribution in [0, 0.1) is 5.82 Å². The number of hydrogen-bond donors (Lipinski definition) is 1. The van der Waals surface area contributed by atoms with Crippen molar-refractivity contribution in [1.82, 2.24) is 9.29 Å². The van der Waals surface area contributed by atoms with Crippen LogP contribution in [0.1, 0.15) is 5.56 Å². The van der Waals surface area contributed by atoms with Gasteiger partial charge in [0.2, 0.25) is 0 Å². The smallest absolute Gasteiger partial charge is 0.268 e. The summed E-state index contributed by atoms with van der Waals surface area (Å²) in [6.45, 7) is 0.354. The van der Waals surface area contributed by atoms with E-state index >= 15 is 0 Å². The Kier molecular flexibility index (Phi) is 4.29. The van der Waals surface area contributed by atoms with E-state index in [9.17, 15) is 12.8 Å². The molecule has 0 bridgehead atoms. The molecule has 7 heteroatoms. The predicted octanol–water partition coefficient (Wildman–Crippen LogP) is 2.75. The summed E-state index contributed by atoms with van der Waals surface area (Å²) in [7, 11) is -0.681. The van der Waals surface area contributed by atoms with Crippen LogP contribution in [0.25, 0.3) is 10.9 Å². The van der Waals surface area contributed by atoms with Crippen LogP contribution in [0.15, 0.2) is 53.6 Å². The van der Waals surface area contributed by atoms with Crippen molar-refractivity contribution in [2.75, 3.05) is 14.2 Å². The molecule has 3 aromatic rings. The molecule has 0 unspecified atom stereocenters.